The number of carbonyl (C=O) groups is 1. The topological polar surface area (TPSA) is 62.0 Å². The number of rotatable bonds is 5. The van der Waals surface area contributed by atoms with E-state index < -0.39 is 0 Å². The number of nitrogens with one attached hydrogen (secondary N) is 2. The molecule has 1 saturated carbocycles. The Balaban J connectivity index is 1.87. The SMILES string of the molecule is Cc1[nH]c(=O)c(C(=O)NCCSC2CCCCC2)c(C)c1C. The van der Waals surface area contributed by atoms with Crippen LogP contribution in [-0.4, -0.2) is 28.4 Å². The predicted octanol–water partition coefficient (Wildman–Crippen LogP) is 3.10. The van der Waals surface area contributed by atoms with Crippen molar-refractivity contribution in [3.63, 3.8) is 0 Å². The van der Waals surface area contributed by atoms with Gasteiger partial charge in [-0.25, -0.2) is 0 Å². The molecular formula is C17H26N2O2S. The Morgan fingerprint density at radius 1 is 1.18 bits per heavy atom. The summed E-state index contributed by atoms with van der Waals surface area (Å²) >= 11 is 1.95. The molecule has 0 radical (unpaired) electrons. The van der Waals surface area contributed by atoms with Gasteiger partial charge >= 0.3 is 0 Å². The summed E-state index contributed by atoms with van der Waals surface area (Å²) in [6, 6.07) is 0. The highest BCUT2D eigenvalue weighted by Gasteiger charge is 2.17. The molecule has 0 unspecified atom stereocenters. The van der Waals surface area contributed by atoms with Crippen molar-refractivity contribution < 1.29 is 4.79 Å². The zero-order valence-electron chi connectivity index (χ0n) is 13.8. The van der Waals surface area contributed by atoms with Gasteiger partial charge in [0.05, 0.1) is 0 Å². The van der Waals surface area contributed by atoms with Crippen LogP contribution in [0.3, 0.4) is 0 Å². The molecule has 122 valence electrons. The minimum Gasteiger partial charge on any atom is -0.351 e. The first-order chi connectivity index (χ1) is 10.5. The van der Waals surface area contributed by atoms with Crippen molar-refractivity contribution in [2.24, 2.45) is 0 Å². The highest BCUT2D eigenvalue weighted by Crippen LogP contribution is 2.27. The van der Waals surface area contributed by atoms with Gasteiger partial charge in [-0.2, -0.15) is 11.8 Å². The average molecular weight is 322 g/mol. The molecule has 1 aromatic heterocycles. The van der Waals surface area contributed by atoms with Gasteiger partial charge in [0.15, 0.2) is 0 Å². The first kappa shape index (κ1) is 17.1. The van der Waals surface area contributed by atoms with E-state index in [9.17, 15) is 9.59 Å². The Morgan fingerprint density at radius 3 is 2.55 bits per heavy atom. The molecule has 1 aliphatic rings. The number of aryl methyl sites for hydroxylation is 1. The van der Waals surface area contributed by atoms with E-state index in [0.29, 0.717) is 6.54 Å². The van der Waals surface area contributed by atoms with Gasteiger partial charge in [-0.05, 0) is 44.7 Å². The van der Waals surface area contributed by atoms with Crippen LogP contribution in [0.2, 0.25) is 0 Å². The van der Waals surface area contributed by atoms with Crippen LogP contribution >= 0.6 is 11.8 Å². The van der Waals surface area contributed by atoms with Crippen molar-refractivity contribution in [1.29, 1.82) is 0 Å². The minimum atomic E-state index is -0.293. The zero-order chi connectivity index (χ0) is 16.1. The number of hydrogen-bond acceptors (Lipinski definition) is 3. The Labute approximate surface area is 136 Å². The molecule has 1 heterocycles. The van der Waals surface area contributed by atoms with Gasteiger partial charge in [0.2, 0.25) is 0 Å². The predicted molar refractivity (Wildman–Crippen MR) is 92.9 cm³/mol. The lowest BCUT2D eigenvalue weighted by Gasteiger charge is -2.20. The second-order valence-electron chi connectivity index (χ2n) is 6.09. The number of carbonyl (C=O) groups excluding carboxylic acids is 1. The van der Waals surface area contributed by atoms with Crippen LogP contribution in [-0.2, 0) is 0 Å². The van der Waals surface area contributed by atoms with Gasteiger partial charge in [0.1, 0.15) is 5.56 Å². The van der Waals surface area contributed by atoms with Crippen LogP contribution in [0.15, 0.2) is 4.79 Å². The normalized spacial score (nSPS) is 15.8. The summed E-state index contributed by atoms with van der Waals surface area (Å²) in [6.45, 7) is 6.23. The molecule has 0 bridgehead atoms. The Morgan fingerprint density at radius 2 is 1.86 bits per heavy atom. The van der Waals surface area contributed by atoms with Gasteiger partial charge in [-0.1, -0.05) is 19.3 Å². The fourth-order valence-electron chi connectivity index (χ4n) is 2.95. The van der Waals surface area contributed by atoms with E-state index in [4.69, 9.17) is 0 Å². The van der Waals surface area contributed by atoms with Crippen LogP contribution in [0.1, 0.15) is 59.3 Å². The Bertz CT molecular complexity index is 589. The average Bonchev–Trinajstić information content (AvgIpc) is 2.50. The monoisotopic (exact) mass is 322 g/mol. The lowest BCUT2D eigenvalue weighted by atomic mass is 10.0. The number of aromatic nitrogens is 1. The Kier molecular flexibility index (Phi) is 6.12. The molecule has 5 heteroatoms. The summed E-state index contributed by atoms with van der Waals surface area (Å²) < 4.78 is 0. The number of H-pyrrole nitrogens is 1. The number of amides is 1. The summed E-state index contributed by atoms with van der Waals surface area (Å²) in [5, 5.41) is 3.63. The molecule has 0 spiro atoms. The third kappa shape index (κ3) is 4.15. The second kappa shape index (κ2) is 7.86. The maximum atomic E-state index is 12.3. The van der Waals surface area contributed by atoms with Gasteiger partial charge in [0.25, 0.3) is 11.5 Å². The van der Waals surface area contributed by atoms with E-state index in [0.717, 1.165) is 27.8 Å². The maximum Gasteiger partial charge on any atom is 0.261 e. The first-order valence-corrected chi connectivity index (χ1v) is 9.15. The van der Waals surface area contributed by atoms with E-state index in [2.05, 4.69) is 10.3 Å². The van der Waals surface area contributed by atoms with Crippen molar-refractivity contribution in [1.82, 2.24) is 10.3 Å². The van der Waals surface area contributed by atoms with E-state index in [-0.39, 0.29) is 17.0 Å². The summed E-state index contributed by atoms with van der Waals surface area (Å²) in [4.78, 5) is 27.0. The van der Waals surface area contributed by atoms with Crippen molar-refractivity contribution in [2.75, 3.05) is 12.3 Å². The molecule has 0 saturated heterocycles. The van der Waals surface area contributed by atoms with Crippen molar-refractivity contribution in [3.05, 3.63) is 32.7 Å². The van der Waals surface area contributed by atoms with Gasteiger partial charge in [-0.3, -0.25) is 9.59 Å². The van der Waals surface area contributed by atoms with Crippen LogP contribution in [0.4, 0.5) is 0 Å². The number of pyridine rings is 1. The highest BCUT2D eigenvalue weighted by molar-refractivity contribution is 7.99. The molecule has 2 N–H and O–H groups in total. The highest BCUT2D eigenvalue weighted by atomic mass is 32.2. The largest absolute Gasteiger partial charge is 0.351 e. The fourth-order valence-corrected chi connectivity index (χ4v) is 4.17. The van der Waals surface area contributed by atoms with E-state index in [1.165, 1.54) is 32.1 Å². The van der Waals surface area contributed by atoms with E-state index in [1.54, 1.807) is 0 Å². The van der Waals surface area contributed by atoms with E-state index in [1.807, 2.05) is 32.5 Å². The molecule has 1 fully saturated rings. The molecular weight excluding hydrogens is 296 g/mol. The minimum absolute atomic E-state index is 0.255. The van der Waals surface area contributed by atoms with Crippen LogP contribution in [0.25, 0.3) is 0 Å². The summed E-state index contributed by atoms with van der Waals surface area (Å²) in [6.07, 6.45) is 6.63. The fraction of sp³-hybridized carbons (Fsp3) is 0.647. The molecule has 0 atom stereocenters. The molecule has 4 nitrogen and oxygen atoms in total. The zero-order valence-corrected chi connectivity index (χ0v) is 14.6. The standard InChI is InChI=1S/C17H26N2O2S/c1-11-12(2)15(17(21)19-13(11)3)16(20)18-9-10-22-14-7-5-4-6-8-14/h14H,4-10H2,1-3H3,(H,18,20)(H,19,21). The van der Waals surface area contributed by atoms with E-state index >= 15 is 0 Å². The lowest BCUT2D eigenvalue weighted by Crippen LogP contribution is -2.33. The maximum absolute atomic E-state index is 12.3. The van der Waals surface area contributed by atoms with Crippen molar-refractivity contribution in [3.8, 4) is 0 Å². The van der Waals surface area contributed by atoms with Gasteiger partial charge in [0, 0.05) is 23.2 Å². The van der Waals surface area contributed by atoms with Gasteiger partial charge in [-0.15, -0.1) is 0 Å². The summed E-state index contributed by atoms with van der Waals surface area (Å²) in [5.41, 5.74) is 2.54. The smallest absolute Gasteiger partial charge is 0.261 e. The molecule has 0 aliphatic heterocycles. The molecule has 1 amide bonds. The molecule has 22 heavy (non-hydrogen) atoms. The Hall–Kier alpha value is -1.23. The molecule has 0 aromatic carbocycles. The lowest BCUT2D eigenvalue weighted by molar-refractivity contribution is 0.0954. The van der Waals surface area contributed by atoms with Crippen molar-refractivity contribution >= 4 is 17.7 Å². The molecule has 1 aromatic rings. The van der Waals surface area contributed by atoms with Crippen LogP contribution < -0.4 is 10.9 Å². The number of thioether (sulfide) groups is 1. The van der Waals surface area contributed by atoms with Crippen LogP contribution in [0, 0.1) is 20.8 Å². The molecule has 2 rings (SSSR count). The van der Waals surface area contributed by atoms with Crippen LogP contribution in [0.5, 0.6) is 0 Å². The first-order valence-electron chi connectivity index (χ1n) is 8.10. The number of hydrogen-bond donors (Lipinski definition) is 2. The number of aromatic amines is 1. The van der Waals surface area contributed by atoms with Crippen molar-refractivity contribution in [2.45, 2.75) is 58.1 Å². The van der Waals surface area contributed by atoms with Gasteiger partial charge < -0.3 is 10.3 Å². The second-order valence-corrected chi connectivity index (χ2v) is 7.50. The quantitative estimate of drug-likeness (QED) is 0.819. The molecule has 1 aliphatic carbocycles. The third-order valence-corrected chi connectivity index (χ3v) is 5.93. The summed E-state index contributed by atoms with van der Waals surface area (Å²) in [7, 11) is 0. The summed E-state index contributed by atoms with van der Waals surface area (Å²) in [5.74, 6) is 0.657. The third-order valence-electron chi connectivity index (χ3n) is 4.55.